The minimum absolute atomic E-state index is 0.523. The number of nitrogens with zero attached hydrogens (tertiary/aromatic N) is 3. The van der Waals surface area contributed by atoms with Crippen molar-refractivity contribution in [1.29, 1.82) is 0 Å². The van der Waals surface area contributed by atoms with Gasteiger partial charge in [-0.1, -0.05) is 30.3 Å². The van der Waals surface area contributed by atoms with Crippen LogP contribution in [0.3, 0.4) is 0 Å². The first kappa shape index (κ1) is 14.3. The van der Waals surface area contributed by atoms with Crippen molar-refractivity contribution in [3.8, 4) is 0 Å². The van der Waals surface area contributed by atoms with Gasteiger partial charge in [-0.15, -0.1) is 0 Å². The number of hydrogen-bond acceptors (Lipinski definition) is 3. The zero-order valence-corrected chi connectivity index (χ0v) is 13.4. The molecule has 0 amide bonds. The van der Waals surface area contributed by atoms with E-state index in [-0.39, 0.29) is 0 Å². The highest BCUT2D eigenvalue weighted by Gasteiger charge is 2.22. The number of hydrogen-bond donors (Lipinski definition) is 1. The maximum absolute atomic E-state index is 4.74. The van der Waals surface area contributed by atoms with E-state index in [0.29, 0.717) is 6.04 Å². The van der Waals surface area contributed by atoms with Gasteiger partial charge in [-0.2, -0.15) is 0 Å². The van der Waals surface area contributed by atoms with Gasteiger partial charge in [-0.25, -0.2) is 4.98 Å². The second-order valence-corrected chi connectivity index (χ2v) is 6.22. The first-order valence-corrected chi connectivity index (χ1v) is 8.25. The van der Waals surface area contributed by atoms with E-state index in [9.17, 15) is 0 Å². The number of aromatic nitrogens is 2. The van der Waals surface area contributed by atoms with Crippen LogP contribution in [0.1, 0.15) is 12.2 Å². The number of nitrogens with one attached hydrogen (secondary N) is 1. The van der Waals surface area contributed by atoms with Crippen LogP contribution in [0.4, 0.5) is 5.69 Å². The van der Waals surface area contributed by atoms with Gasteiger partial charge in [0.2, 0.25) is 0 Å². The number of anilines is 1. The van der Waals surface area contributed by atoms with Crippen molar-refractivity contribution >= 4 is 16.7 Å². The lowest BCUT2D eigenvalue weighted by Gasteiger charge is -2.19. The summed E-state index contributed by atoms with van der Waals surface area (Å²) in [5.41, 5.74) is 3.59. The molecule has 1 aliphatic heterocycles. The lowest BCUT2D eigenvalue weighted by atomic mass is 10.2. The molecule has 4 heteroatoms. The zero-order chi connectivity index (χ0) is 15.6. The highest BCUT2D eigenvalue weighted by Crippen LogP contribution is 2.20. The number of imidazole rings is 1. The van der Waals surface area contributed by atoms with Crippen molar-refractivity contribution in [2.75, 3.05) is 18.0 Å². The molecular formula is C19H22N4. The second-order valence-electron chi connectivity index (χ2n) is 6.22. The number of aryl methyl sites for hydroxylation is 1. The Bertz CT molecular complexity index is 793. The van der Waals surface area contributed by atoms with Gasteiger partial charge in [-0.3, -0.25) is 0 Å². The predicted molar refractivity (Wildman–Crippen MR) is 94.6 cm³/mol. The molecule has 1 N–H and O–H groups in total. The van der Waals surface area contributed by atoms with Gasteiger partial charge >= 0.3 is 0 Å². The summed E-state index contributed by atoms with van der Waals surface area (Å²) >= 11 is 0. The summed E-state index contributed by atoms with van der Waals surface area (Å²) in [5, 5.41) is 3.67. The molecule has 1 aliphatic rings. The van der Waals surface area contributed by atoms with E-state index >= 15 is 0 Å². The molecule has 0 aliphatic carbocycles. The Labute approximate surface area is 136 Å². The molecule has 0 spiro atoms. The second kappa shape index (κ2) is 6.05. The van der Waals surface area contributed by atoms with Crippen LogP contribution in [0, 0.1) is 0 Å². The summed E-state index contributed by atoms with van der Waals surface area (Å²) in [6, 6.07) is 19.5. The van der Waals surface area contributed by atoms with E-state index in [0.717, 1.165) is 31.0 Å². The number of fused-ring (bicyclic) bond motifs is 1. The van der Waals surface area contributed by atoms with Crippen LogP contribution in [0.15, 0.2) is 54.6 Å². The average molecular weight is 306 g/mol. The summed E-state index contributed by atoms with van der Waals surface area (Å²) in [4.78, 5) is 7.19. The Hall–Kier alpha value is -2.33. The normalized spacial score (nSPS) is 18.0. The van der Waals surface area contributed by atoms with Crippen LogP contribution in [0.2, 0.25) is 0 Å². The minimum Gasteiger partial charge on any atom is -0.370 e. The van der Waals surface area contributed by atoms with Gasteiger partial charge in [0.25, 0.3) is 0 Å². The fourth-order valence-corrected chi connectivity index (χ4v) is 3.39. The number of para-hydroxylation sites is 3. The lowest BCUT2D eigenvalue weighted by Crippen LogP contribution is -2.32. The highest BCUT2D eigenvalue weighted by molar-refractivity contribution is 5.75. The van der Waals surface area contributed by atoms with Crippen LogP contribution in [-0.4, -0.2) is 28.7 Å². The van der Waals surface area contributed by atoms with Gasteiger partial charge in [0.1, 0.15) is 5.82 Å². The monoisotopic (exact) mass is 306 g/mol. The van der Waals surface area contributed by atoms with Crippen LogP contribution in [0.5, 0.6) is 0 Å². The van der Waals surface area contributed by atoms with Crippen LogP contribution in [0.25, 0.3) is 11.0 Å². The molecule has 0 radical (unpaired) electrons. The molecule has 0 saturated carbocycles. The van der Waals surface area contributed by atoms with E-state index in [4.69, 9.17) is 4.98 Å². The van der Waals surface area contributed by atoms with E-state index in [2.05, 4.69) is 70.4 Å². The predicted octanol–water partition coefficient (Wildman–Crippen LogP) is 2.94. The van der Waals surface area contributed by atoms with E-state index in [1.165, 1.54) is 17.6 Å². The summed E-state index contributed by atoms with van der Waals surface area (Å²) in [6.45, 7) is 3.00. The molecule has 2 aromatic carbocycles. The highest BCUT2D eigenvalue weighted by atomic mass is 15.2. The largest absolute Gasteiger partial charge is 0.370 e. The Morgan fingerprint density at radius 1 is 1.09 bits per heavy atom. The molecule has 1 atom stereocenters. The lowest BCUT2D eigenvalue weighted by molar-refractivity contribution is 0.532. The van der Waals surface area contributed by atoms with E-state index < -0.39 is 0 Å². The van der Waals surface area contributed by atoms with E-state index in [1.54, 1.807) is 0 Å². The Kier molecular flexibility index (Phi) is 3.75. The Morgan fingerprint density at radius 3 is 2.70 bits per heavy atom. The Balaban J connectivity index is 1.40. The van der Waals surface area contributed by atoms with Gasteiger partial charge in [0, 0.05) is 31.9 Å². The molecule has 1 aromatic heterocycles. The Morgan fingerprint density at radius 2 is 1.87 bits per heavy atom. The molecule has 0 bridgehead atoms. The van der Waals surface area contributed by atoms with Crippen LogP contribution < -0.4 is 10.2 Å². The molecule has 1 unspecified atom stereocenters. The maximum atomic E-state index is 4.74. The molecule has 2 heterocycles. The van der Waals surface area contributed by atoms with Crippen molar-refractivity contribution in [3.63, 3.8) is 0 Å². The van der Waals surface area contributed by atoms with Crippen molar-refractivity contribution < 1.29 is 0 Å². The quantitative estimate of drug-likeness (QED) is 0.804. The molecular weight excluding hydrogens is 284 g/mol. The van der Waals surface area contributed by atoms with E-state index in [1.807, 2.05) is 6.07 Å². The molecule has 4 nitrogen and oxygen atoms in total. The first-order valence-electron chi connectivity index (χ1n) is 8.25. The van der Waals surface area contributed by atoms with Crippen molar-refractivity contribution in [1.82, 2.24) is 14.9 Å². The van der Waals surface area contributed by atoms with Gasteiger partial charge in [0.15, 0.2) is 0 Å². The molecule has 118 valence electrons. The number of rotatable bonds is 4. The van der Waals surface area contributed by atoms with Crippen molar-refractivity contribution in [2.45, 2.75) is 19.0 Å². The number of benzene rings is 2. The fraction of sp³-hybridized carbons (Fsp3) is 0.316. The third-order valence-electron chi connectivity index (χ3n) is 4.74. The minimum atomic E-state index is 0.523. The van der Waals surface area contributed by atoms with Gasteiger partial charge in [0.05, 0.1) is 17.6 Å². The smallest absolute Gasteiger partial charge is 0.123 e. The molecule has 4 rings (SSSR count). The van der Waals surface area contributed by atoms with Gasteiger partial charge < -0.3 is 14.8 Å². The molecule has 23 heavy (non-hydrogen) atoms. The fourth-order valence-electron chi connectivity index (χ4n) is 3.39. The third kappa shape index (κ3) is 2.82. The molecule has 3 aromatic rings. The summed E-state index contributed by atoms with van der Waals surface area (Å²) in [7, 11) is 2.09. The molecule has 1 fully saturated rings. The van der Waals surface area contributed by atoms with Crippen molar-refractivity contribution in [2.24, 2.45) is 7.05 Å². The third-order valence-corrected chi connectivity index (χ3v) is 4.74. The van der Waals surface area contributed by atoms with Crippen LogP contribution in [-0.2, 0) is 13.6 Å². The summed E-state index contributed by atoms with van der Waals surface area (Å²) in [6.07, 6.45) is 1.18. The topological polar surface area (TPSA) is 33.1 Å². The SMILES string of the molecule is Cn1c(CNC2CCN(c3ccccc3)C2)nc2ccccc21. The summed E-state index contributed by atoms with van der Waals surface area (Å²) < 4.78 is 2.19. The summed E-state index contributed by atoms with van der Waals surface area (Å²) in [5.74, 6) is 1.10. The first-order chi connectivity index (χ1) is 11.3. The average Bonchev–Trinajstić information content (AvgIpc) is 3.19. The maximum Gasteiger partial charge on any atom is 0.123 e. The molecule has 1 saturated heterocycles. The zero-order valence-electron chi connectivity index (χ0n) is 13.4. The van der Waals surface area contributed by atoms with Crippen molar-refractivity contribution in [3.05, 3.63) is 60.4 Å². The van der Waals surface area contributed by atoms with Gasteiger partial charge in [-0.05, 0) is 30.7 Å². The van der Waals surface area contributed by atoms with Crippen LogP contribution >= 0.6 is 0 Å². The standard InChI is InChI=1S/C19H22N4/c1-22-18-10-6-5-9-17(18)21-19(22)13-20-15-11-12-23(14-15)16-7-3-2-4-8-16/h2-10,15,20H,11-14H2,1H3.